The summed E-state index contributed by atoms with van der Waals surface area (Å²) in [7, 11) is 1.53. The summed E-state index contributed by atoms with van der Waals surface area (Å²) in [6.07, 6.45) is 1.18. The lowest BCUT2D eigenvalue weighted by atomic mass is 10.1. The van der Waals surface area contributed by atoms with Crippen LogP contribution in [0.2, 0.25) is 0 Å². The van der Waals surface area contributed by atoms with E-state index in [0.29, 0.717) is 13.1 Å². The molecule has 8 heteroatoms. The van der Waals surface area contributed by atoms with Crippen molar-refractivity contribution >= 4 is 17.5 Å². The Hall–Kier alpha value is -3.00. The molecule has 1 N–H and O–H groups in total. The van der Waals surface area contributed by atoms with Gasteiger partial charge in [-0.15, -0.1) is 0 Å². The number of hydrogen-bond acceptors (Lipinski definition) is 4. The number of aryl methyl sites for hydroxylation is 1. The van der Waals surface area contributed by atoms with Gasteiger partial charge < -0.3 is 19.5 Å². The van der Waals surface area contributed by atoms with Gasteiger partial charge in [0.1, 0.15) is 5.82 Å². The van der Waals surface area contributed by atoms with E-state index in [2.05, 4.69) is 5.32 Å². The molecule has 148 valence electrons. The van der Waals surface area contributed by atoms with E-state index in [1.54, 1.807) is 4.90 Å². The molecule has 7 nitrogen and oxygen atoms in total. The van der Waals surface area contributed by atoms with Crippen LogP contribution in [0.5, 0.6) is 0 Å². The van der Waals surface area contributed by atoms with Crippen molar-refractivity contribution in [2.75, 3.05) is 18.4 Å². The normalized spacial score (nSPS) is 19.4. The van der Waals surface area contributed by atoms with Crippen molar-refractivity contribution in [3.63, 3.8) is 0 Å². The van der Waals surface area contributed by atoms with Gasteiger partial charge in [-0.2, -0.15) is 0 Å². The third kappa shape index (κ3) is 4.45. The maximum atomic E-state index is 14.1. The highest BCUT2D eigenvalue weighted by Crippen LogP contribution is 2.19. The third-order valence-corrected chi connectivity index (χ3v) is 4.46. The SMILES string of the molecule is C[C@@H]1CN(C(=O)c2cc(F)cc(NC(=O)c3ccc(=O)n(C)c3)c2)C[C@H](C)O1. The highest BCUT2D eigenvalue weighted by atomic mass is 19.1. The molecule has 1 saturated heterocycles. The predicted octanol–water partition coefficient (Wildman–Crippen LogP) is 2.03. The number of nitrogens with one attached hydrogen (secondary N) is 1. The molecule has 2 amide bonds. The van der Waals surface area contributed by atoms with Crippen molar-refractivity contribution in [1.82, 2.24) is 9.47 Å². The van der Waals surface area contributed by atoms with Gasteiger partial charge in [0.25, 0.3) is 11.8 Å². The molecule has 0 saturated carbocycles. The van der Waals surface area contributed by atoms with Crippen LogP contribution >= 0.6 is 0 Å². The number of amides is 2. The Bertz CT molecular complexity index is 962. The molecule has 0 bridgehead atoms. The number of carbonyl (C=O) groups excluding carboxylic acids is 2. The first-order valence-corrected chi connectivity index (χ1v) is 8.96. The van der Waals surface area contributed by atoms with Crippen LogP contribution in [0, 0.1) is 5.82 Å². The van der Waals surface area contributed by atoms with Crippen molar-refractivity contribution in [2.45, 2.75) is 26.1 Å². The zero-order chi connectivity index (χ0) is 20.4. The highest BCUT2D eigenvalue weighted by molar-refractivity contribution is 6.05. The van der Waals surface area contributed by atoms with Crippen LogP contribution in [0.4, 0.5) is 10.1 Å². The molecule has 2 atom stereocenters. The summed E-state index contributed by atoms with van der Waals surface area (Å²) in [6.45, 7) is 4.58. The standard InChI is InChI=1S/C20H22FN3O4/c1-12-9-24(10-13(2)28-12)20(27)15-6-16(21)8-17(7-15)22-19(26)14-4-5-18(25)23(3)11-14/h4-8,11-13H,9-10H2,1-3H3,(H,22,26)/t12-,13+. The summed E-state index contributed by atoms with van der Waals surface area (Å²) in [5.74, 6) is -1.46. The monoisotopic (exact) mass is 387 g/mol. The molecule has 1 aromatic carbocycles. The first kappa shape index (κ1) is 19.8. The predicted molar refractivity (Wildman–Crippen MR) is 102 cm³/mol. The zero-order valence-electron chi connectivity index (χ0n) is 15.9. The Morgan fingerprint density at radius 3 is 2.43 bits per heavy atom. The number of anilines is 1. The summed E-state index contributed by atoms with van der Waals surface area (Å²) in [5, 5.41) is 2.57. The van der Waals surface area contributed by atoms with Gasteiger partial charge in [0, 0.05) is 43.7 Å². The van der Waals surface area contributed by atoms with E-state index in [-0.39, 0.29) is 40.5 Å². The molecule has 3 rings (SSSR count). The summed E-state index contributed by atoms with van der Waals surface area (Å²) in [4.78, 5) is 38.2. The Kier molecular flexibility index (Phi) is 5.60. The number of benzene rings is 1. The molecule has 1 aliphatic heterocycles. The highest BCUT2D eigenvalue weighted by Gasteiger charge is 2.27. The molecule has 1 fully saturated rings. The fraction of sp³-hybridized carbons (Fsp3) is 0.350. The Morgan fingerprint density at radius 1 is 1.11 bits per heavy atom. The molecule has 0 radical (unpaired) electrons. The molecule has 0 spiro atoms. The van der Waals surface area contributed by atoms with Gasteiger partial charge in [-0.1, -0.05) is 0 Å². The first-order valence-electron chi connectivity index (χ1n) is 8.96. The maximum absolute atomic E-state index is 14.1. The zero-order valence-corrected chi connectivity index (χ0v) is 15.9. The number of ether oxygens (including phenoxy) is 1. The maximum Gasteiger partial charge on any atom is 0.257 e. The van der Waals surface area contributed by atoms with Gasteiger partial charge in [-0.25, -0.2) is 4.39 Å². The third-order valence-electron chi connectivity index (χ3n) is 4.46. The van der Waals surface area contributed by atoms with Crippen LogP contribution in [-0.4, -0.2) is 46.6 Å². The van der Waals surface area contributed by atoms with Gasteiger partial charge in [-0.05, 0) is 38.1 Å². The van der Waals surface area contributed by atoms with E-state index in [1.165, 1.54) is 36.0 Å². The van der Waals surface area contributed by atoms with Crippen molar-refractivity contribution in [1.29, 1.82) is 0 Å². The topological polar surface area (TPSA) is 80.6 Å². The van der Waals surface area contributed by atoms with E-state index in [0.717, 1.165) is 12.1 Å². The lowest BCUT2D eigenvalue weighted by Crippen LogP contribution is -2.48. The number of rotatable bonds is 3. The summed E-state index contributed by atoms with van der Waals surface area (Å²) >= 11 is 0. The summed E-state index contributed by atoms with van der Waals surface area (Å²) in [6, 6.07) is 6.39. The minimum absolute atomic E-state index is 0.106. The largest absolute Gasteiger partial charge is 0.372 e. The molecule has 28 heavy (non-hydrogen) atoms. The quantitative estimate of drug-likeness (QED) is 0.874. The van der Waals surface area contributed by atoms with Crippen molar-refractivity contribution in [2.24, 2.45) is 7.05 Å². The van der Waals surface area contributed by atoms with Crippen LogP contribution in [0.25, 0.3) is 0 Å². The van der Waals surface area contributed by atoms with Crippen molar-refractivity contribution < 1.29 is 18.7 Å². The molecule has 0 unspecified atom stereocenters. The van der Waals surface area contributed by atoms with E-state index in [4.69, 9.17) is 4.74 Å². The fourth-order valence-corrected chi connectivity index (χ4v) is 3.24. The fourth-order valence-electron chi connectivity index (χ4n) is 3.24. The second kappa shape index (κ2) is 7.93. The van der Waals surface area contributed by atoms with Gasteiger partial charge in [0.05, 0.1) is 17.8 Å². The van der Waals surface area contributed by atoms with Gasteiger partial charge >= 0.3 is 0 Å². The number of hydrogen-bond donors (Lipinski definition) is 1. The molecule has 0 aliphatic carbocycles. The first-order chi connectivity index (χ1) is 13.2. The molecule has 1 aromatic heterocycles. The van der Waals surface area contributed by atoms with Gasteiger partial charge in [0.2, 0.25) is 5.56 Å². The Labute approximate surface area is 161 Å². The number of pyridine rings is 1. The lowest BCUT2D eigenvalue weighted by Gasteiger charge is -2.35. The molecule has 2 heterocycles. The lowest BCUT2D eigenvalue weighted by molar-refractivity contribution is -0.0586. The van der Waals surface area contributed by atoms with Gasteiger partial charge in [0.15, 0.2) is 0 Å². The number of aromatic nitrogens is 1. The number of nitrogens with zero attached hydrogens (tertiary/aromatic N) is 2. The Balaban J connectivity index is 1.81. The van der Waals surface area contributed by atoms with Crippen LogP contribution in [0.3, 0.4) is 0 Å². The molecular formula is C20H22FN3O4. The van der Waals surface area contributed by atoms with Crippen LogP contribution in [0.15, 0.2) is 41.3 Å². The van der Waals surface area contributed by atoms with E-state index in [9.17, 15) is 18.8 Å². The minimum atomic E-state index is -0.629. The minimum Gasteiger partial charge on any atom is -0.372 e. The second-order valence-corrected chi connectivity index (χ2v) is 7.02. The van der Waals surface area contributed by atoms with Crippen LogP contribution < -0.4 is 10.9 Å². The number of morpholine rings is 1. The number of carbonyl (C=O) groups is 2. The number of halogens is 1. The molecular weight excluding hydrogens is 365 g/mol. The van der Waals surface area contributed by atoms with Crippen molar-refractivity contribution in [3.05, 3.63) is 63.8 Å². The molecule has 1 aliphatic rings. The summed E-state index contributed by atoms with van der Waals surface area (Å²) in [5.41, 5.74) is 0.313. The van der Waals surface area contributed by atoms with E-state index in [1.807, 2.05) is 13.8 Å². The van der Waals surface area contributed by atoms with Crippen molar-refractivity contribution in [3.8, 4) is 0 Å². The van der Waals surface area contributed by atoms with E-state index >= 15 is 0 Å². The Morgan fingerprint density at radius 2 is 1.79 bits per heavy atom. The van der Waals surface area contributed by atoms with Gasteiger partial charge in [-0.3, -0.25) is 14.4 Å². The average Bonchev–Trinajstić information content (AvgIpc) is 2.62. The second-order valence-electron chi connectivity index (χ2n) is 7.02. The molecule has 2 aromatic rings. The van der Waals surface area contributed by atoms with Crippen LogP contribution in [-0.2, 0) is 11.8 Å². The van der Waals surface area contributed by atoms with E-state index < -0.39 is 11.7 Å². The summed E-state index contributed by atoms with van der Waals surface area (Å²) < 4.78 is 21.0. The van der Waals surface area contributed by atoms with Crippen LogP contribution in [0.1, 0.15) is 34.6 Å². The smallest absolute Gasteiger partial charge is 0.257 e. The average molecular weight is 387 g/mol.